The molecule has 0 aromatic heterocycles. The van der Waals surface area contributed by atoms with E-state index in [9.17, 15) is 10.2 Å². The molecule has 0 radical (unpaired) electrons. The molecule has 0 unspecified atom stereocenters. The van der Waals surface area contributed by atoms with Crippen molar-refractivity contribution in [3.63, 3.8) is 0 Å². The SMILES string of the molecule is CC1(C)C2(O)O[Si]3(O2)OC1(O)O3. The molecule has 3 bridgehead atoms. The van der Waals surface area contributed by atoms with E-state index in [0.29, 0.717) is 0 Å². The van der Waals surface area contributed by atoms with Gasteiger partial charge in [0.05, 0.1) is 0 Å². The van der Waals surface area contributed by atoms with Gasteiger partial charge in [-0.2, -0.15) is 0 Å². The van der Waals surface area contributed by atoms with Gasteiger partial charge in [0.15, 0.2) is 0 Å². The van der Waals surface area contributed by atoms with Crippen molar-refractivity contribution in [1.82, 2.24) is 0 Å². The highest BCUT2D eigenvalue weighted by Gasteiger charge is 2.93. The van der Waals surface area contributed by atoms with E-state index in [0.717, 1.165) is 0 Å². The maximum Gasteiger partial charge on any atom is 0.695 e. The van der Waals surface area contributed by atoms with E-state index in [-0.39, 0.29) is 0 Å². The summed E-state index contributed by atoms with van der Waals surface area (Å²) in [5.41, 5.74) is -1.15. The van der Waals surface area contributed by atoms with Gasteiger partial charge >= 0.3 is 9.05 Å². The van der Waals surface area contributed by atoms with Crippen molar-refractivity contribution < 1.29 is 27.9 Å². The van der Waals surface area contributed by atoms with Crippen molar-refractivity contribution in [2.75, 3.05) is 0 Å². The molecule has 6 nitrogen and oxygen atoms in total. The monoisotopic (exact) mass is 192 g/mol. The van der Waals surface area contributed by atoms with Crippen LogP contribution < -0.4 is 0 Å². The Morgan fingerprint density at radius 1 is 0.917 bits per heavy atom. The molecule has 0 aromatic carbocycles. The minimum atomic E-state index is -3.04. The van der Waals surface area contributed by atoms with E-state index >= 15 is 0 Å². The van der Waals surface area contributed by atoms with Crippen LogP contribution in [0.4, 0.5) is 0 Å². The summed E-state index contributed by atoms with van der Waals surface area (Å²) in [4.78, 5) is 0. The Hall–Kier alpha value is -0.0231. The van der Waals surface area contributed by atoms with Gasteiger partial charge in [0, 0.05) is 0 Å². The first-order valence-corrected chi connectivity index (χ1v) is 5.21. The Balaban J connectivity index is 2.09. The van der Waals surface area contributed by atoms with Crippen molar-refractivity contribution in [1.29, 1.82) is 0 Å². The second-order valence-corrected chi connectivity index (χ2v) is 5.51. The van der Waals surface area contributed by atoms with E-state index in [1.165, 1.54) is 13.8 Å². The van der Waals surface area contributed by atoms with Crippen LogP contribution in [0.25, 0.3) is 0 Å². The van der Waals surface area contributed by atoms with Crippen LogP contribution in [0, 0.1) is 5.41 Å². The fourth-order valence-corrected chi connectivity index (χ4v) is 4.06. The third-order valence-corrected chi connectivity index (χ3v) is 4.74. The minimum absolute atomic E-state index is 1.15. The van der Waals surface area contributed by atoms with E-state index in [4.69, 9.17) is 17.7 Å². The molecule has 7 heteroatoms. The Morgan fingerprint density at radius 2 is 1.25 bits per heavy atom. The summed E-state index contributed by atoms with van der Waals surface area (Å²) in [6, 6.07) is 0. The topological polar surface area (TPSA) is 77.4 Å². The first-order chi connectivity index (χ1) is 5.33. The van der Waals surface area contributed by atoms with Gasteiger partial charge in [-0.3, -0.25) is 17.7 Å². The summed E-state index contributed by atoms with van der Waals surface area (Å²) < 4.78 is 19.9. The molecule has 0 aliphatic carbocycles. The molecule has 6 aliphatic heterocycles. The highest BCUT2D eigenvalue weighted by Crippen LogP contribution is 2.66. The molecular weight excluding hydrogens is 184 g/mol. The van der Waals surface area contributed by atoms with Crippen molar-refractivity contribution in [3.8, 4) is 0 Å². The average molecular weight is 192 g/mol. The highest BCUT2D eigenvalue weighted by molar-refractivity contribution is 6.58. The van der Waals surface area contributed by atoms with Gasteiger partial charge in [-0.1, -0.05) is 0 Å². The normalized spacial score (nSPS) is 65.0. The van der Waals surface area contributed by atoms with Crippen molar-refractivity contribution in [2.45, 2.75) is 25.8 Å². The van der Waals surface area contributed by atoms with Crippen LogP contribution in [0.5, 0.6) is 0 Å². The fraction of sp³-hybridized carbons (Fsp3) is 1.00. The van der Waals surface area contributed by atoms with Crippen LogP contribution in [0.15, 0.2) is 0 Å². The molecular formula is C5H8O6Si. The molecule has 0 amide bonds. The van der Waals surface area contributed by atoms with Crippen LogP contribution in [0.2, 0.25) is 0 Å². The standard InChI is InChI=1S/C5H8O6Si/c1-3(2)4(6)8-12(9-4)10-5(3,7)11-12/h6-7H,1-2H3. The molecule has 2 N–H and O–H groups in total. The number of aliphatic hydroxyl groups is 2. The summed E-state index contributed by atoms with van der Waals surface area (Å²) >= 11 is 0. The number of hydrogen-bond donors (Lipinski definition) is 2. The highest BCUT2D eigenvalue weighted by atomic mass is 28.4. The van der Waals surface area contributed by atoms with Crippen molar-refractivity contribution in [2.24, 2.45) is 5.41 Å². The quantitative estimate of drug-likeness (QED) is 0.472. The van der Waals surface area contributed by atoms with Crippen molar-refractivity contribution >= 4 is 9.05 Å². The summed E-state index contributed by atoms with van der Waals surface area (Å²) in [6.07, 6.45) is 0. The summed E-state index contributed by atoms with van der Waals surface area (Å²) in [5.74, 6) is -3.49. The van der Waals surface area contributed by atoms with Gasteiger partial charge in [-0.25, -0.2) is 0 Å². The second-order valence-electron chi connectivity index (χ2n) is 3.70. The summed E-state index contributed by atoms with van der Waals surface area (Å²) in [6.45, 7) is 3.06. The van der Waals surface area contributed by atoms with E-state index in [1.807, 2.05) is 0 Å². The first kappa shape index (κ1) is 7.39. The Labute approximate surface area is 69.1 Å². The zero-order valence-corrected chi connectivity index (χ0v) is 7.53. The lowest BCUT2D eigenvalue weighted by molar-refractivity contribution is -0.625. The zero-order valence-electron chi connectivity index (χ0n) is 6.53. The lowest BCUT2D eigenvalue weighted by atomic mass is 9.87. The summed E-state index contributed by atoms with van der Waals surface area (Å²) in [5, 5.41) is 19.2. The summed E-state index contributed by atoms with van der Waals surface area (Å²) in [7, 11) is -3.04. The minimum Gasteiger partial charge on any atom is -0.344 e. The molecule has 1 spiro atoms. The average Bonchev–Trinajstić information content (AvgIpc) is 1.75. The number of hydrogen-bond acceptors (Lipinski definition) is 6. The van der Waals surface area contributed by atoms with Crippen LogP contribution in [0.1, 0.15) is 13.8 Å². The first-order valence-electron chi connectivity index (χ1n) is 3.58. The smallest absolute Gasteiger partial charge is 0.344 e. The Bertz CT molecular complexity index is 234. The van der Waals surface area contributed by atoms with E-state index in [1.54, 1.807) is 0 Å². The fourth-order valence-electron chi connectivity index (χ4n) is 1.49. The second kappa shape index (κ2) is 1.40. The van der Waals surface area contributed by atoms with E-state index in [2.05, 4.69) is 0 Å². The zero-order chi connectivity index (χ0) is 8.83. The Kier molecular flexibility index (Phi) is 0.859. The maximum atomic E-state index is 9.60. The lowest BCUT2D eigenvalue weighted by Gasteiger charge is -2.71. The van der Waals surface area contributed by atoms with Gasteiger partial charge in [-0.05, 0) is 13.8 Å². The number of rotatable bonds is 0. The molecule has 0 aromatic rings. The van der Waals surface area contributed by atoms with Crippen LogP contribution in [-0.4, -0.2) is 31.2 Å². The van der Waals surface area contributed by atoms with Gasteiger partial charge < -0.3 is 10.2 Å². The predicted molar refractivity (Wildman–Crippen MR) is 33.8 cm³/mol. The molecule has 6 fully saturated rings. The van der Waals surface area contributed by atoms with Gasteiger partial charge in [0.1, 0.15) is 5.41 Å². The Morgan fingerprint density at radius 3 is 1.50 bits per heavy atom. The molecule has 6 rings (SSSR count). The third-order valence-electron chi connectivity index (χ3n) is 2.63. The largest absolute Gasteiger partial charge is 0.695 e. The molecule has 68 valence electrons. The molecule has 6 saturated heterocycles. The lowest BCUT2D eigenvalue weighted by Crippen LogP contribution is -2.95. The van der Waals surface area contributed by atoms with Crippen LogP contribution in [-0.2, 0) is 17.7 Å². The van der Waals surface area contributed by atoms with Crippen LogP contribution >= 0.6 is 0 Å². The molecule has 6 heterocycles. The van der Waals surface area contributed by atoms with Crippen LogP contribution in [0.3, 0.4) is 0 Å². The molecule has 6 aliphatic rings. The van der Waals surface area contributed by atoms with Gasteiger partial charge in [0.25, 0.3) is 11.9 Å². The molecule has 0 saturated carbocycles. The van der Waals surface area contributed by atoms with Gasteiger partial charge in [-0.15, -0.1) is 0 Å². The van der Waals surface area contributed by atoms with E-state index < -0.39 is 26.4 Å². The predicted octanol–water partition coefficient (Wildman–Crippen LogP) is -1.15. The van der Waals surface area contributed by atoms with Gasteiger partial charge in [0.2, 0.25) is 0 Å². The maximum absolute atomic E-state index is 9.60. The third kappa shape index (κ3) is 0.456. The van der Waals surface area contributed by atoms with Crippen molar-refractivity contribution in [3.05, 3.63) is 0 Å². The molecule has 0 atom stereocenters. The molecule has 12 heavy (non-hydrogen) atoms.